The summed E-state index contributed by atoms with van der Waals surface area (Å²) < 4.78 is 2.01. The van der Waals surface area contributed by atoms with Gasteiger partial charge in [0.25, 0.3) is 0 Å². The minimum atomic E-state index is -0.894. The van der Waals surface area contributed by atoms with Gasteiger partial charge in [0.2, 0.25) is 5.91 Å². The number of nitrogens with zero attached hydrogens (tertiary/aromatic N) is 4. The Morgan fingerprint density at radius 1 is 1.52 bits per heavy atom. The summed E-state index contributed by atoms with van der Waals surface area (Å²) in [5.74, 6) is -0.709. The number of carboxylic acid groups (broad SMARTS) is 1. The molecular formula is C13H20N4O3S. The minimum Gasteiger partial charge on any atom is -0.481 e. The van der Waals surface area contributed by atoms with E-state index in [2.05, 4.69) is 10.2 Å². The smallest absolute Gasteiger partial charge is 0.305 e. The van der Waals surface area contributed by atoms with Gasteiger partial charge in [-0.05, 0) is 26.7 Å². The Labute approximate surface area is 127 Å². The zero-order valence-electron chi connectivity index (χ0n) is 12.2. The standard InChI is InChI=1S/C13H20N4O3S/c1-9(2)16(6-5-12(19)20)11(18)7-21-13-15-14-8-17(13)10-3-4-10/h8-10H,3-7H2,1-2H3,(H,19,20). The van der Waals surface area contributed by atoms with Gasteiger partial charge in [-0.3, -0.25) is 9.59 Å². The third-order valence-electron chi connectivity index (χ3n) is 3.32. The van der Waals surface area contributed by atoms with Crippen LogP contribution in [0.2, 0.25) is 0 Å². The molecule has 0 aromatic carbocycles. The number of aromatic nitrogens is 3. The fraction of sp³-hybridized carbons (Fsp3) is 0.692. The van der Waals surface area contributed by atoms with Gasteiger partial charge in [0.15, 0.2) is 5.16 Å². The first-order valence-electron chi connectivity index (χ1n) is 7.02. The van der Waals surface area contributed by atoms with Crippen molar-refractivity contribution in [3.63, 3.8) is 0 Å². The van der Waals surface area contributed by atoms with Gasteiger partial charge in [0.1, 0.15) is 6.33 Å². The molecule has 0 saturated heterocycles. The number of amides is 1. The lowest BCUT2D eigenvalue weighted by atomic mass is 10.3. The molecule has 1 aromatic rings. The van der Waals surface area contributed by atoms with Crippen LogP contribution in [0.1, 0.15) is 39.2 Å². The monoisotopic (exact) mass is 312 g/mol. The third kappa shape index (κ3) is 4.45. The first-order valence-corrected chi connectivity index (χ1v) is 8.01. The Bertz CT molecular complexity index is 513. The molecule has 1 aliphatic carbocycles. The summed E-state index contributed by atoms with van der Waals surface area (Å²) >= 11 is 1.36. The van der Waals surface area contributed by atoms with Crippen molar-refractivity contribution in [2.45, 2.75) is 50.4 Å². The summed E-state index contributed by atoms with van der Waals surface area (Å²) in [4.78, 5) is 24.5. The largest absolute Gasteiger partial charge is 0.481 e. The van der Waals surface area contributed by atoms with E-state index in [9.17, 15) is 9.59 Å². The van der Waals surface area contributed by atoms with Crippen molar-refractivity contribution < 1.29 is 14.7 Å². The second kappa shape index (κ2) is 6.93. The van der Waals surface area contributed by atoms with E-state index in [-0.39, 0.29) is 30.7 Å². The van der Waals surface area contributed by atoms with Gasteiger partial charge < -0.3 is 14.6 Å². The summed E-state index contributed by atoms with van der Waals surface area (Å²) in [6.07, 6.45) is 3.94. The molecule has 1 aliphatic rings. The van der Waals surface area contributed by atoms with Crippen LogP contribution in [0.3, 0.4) is 0 Å². The Balaban J connectivity index is 1.89. The van der Waals surface area contributed by atoms with Crippen LogP contribution in [0, 0.1) is 0 Å². The lowest BCUT2D eigenvalue weighted by molar-refractivity contribution is -0.138. The van der Waals surface area contributed by atoms with Crippen LogP contribution in [0.5, 0.6) is 0 Å². The molecule has 8 heteroatoms. The quantitative estimate of drug-likeness (QED) is 0.730. The zero-order valence-corrected chi connectivity index (χ0v) is 13.0. The molecule has 0 unspecified atom stereocenters. The van der Waals surface area contributed by atoms with Crippen molar-refractivity contribution in [1.29, 1.82) is 0 Å². The number of carboxylic acids is 1. The molecule has 1 aromatic heterocycles. The summed E-state index contributed by atoms with van der Waals surface area (Å²) in [6.45, 7) is 4.01. The van der Waals surface area contributed by atoms with Crippen LogP contribution in [0.15, 0.2) is 11.5 Å². The van der Waals surface area contributed by atoms with Crippen molar-refractivity contribution in [2.75, 3.05) is 12.3 Å². The summed E-state index contributed by atoms with van der Waals surface area (Å²) in [5, 5.41) is 17.4. The van der Waals surface area contributed by atoms with Crippen molar-refractivity contribution in [1.82, 2.24) is 19.7 Å². The molecule has 0 spiro atoms. The summed E-state index contributed by atoms with van der Waals surface area (Å²) in [6, 6.07) is 0.463. The molecule has 1 N–H and O–H groups in total. The molecular weight excluding hydrogens is 292 g/mol. The lowest BCUT2D eigenvalue weighted by Gasteiger charge is -2.26. The van der Waals surface area contributed by atoms with Crippen LogP contribution in [0.4, 0.5) is 0 Å². The van der Waals surface area contributed by atoms with E-state index in [1.54, 1.807) is 11.2 Å². The number of carbonyl (C=O) groups is 2. The molecule has 0 aliphatic heterocycles. The minimum absolute atomic E-state index is 0.0150. The number of carbonyl (C=O) groups excluding carboxylic acids is 1. The SMILES string of the molecule is CC(C)N(CCC(=O)O)C(=O)CSc1nncn1C1CC1. The Hall–Kier alpha value is -1.57. The number of hydrogen-bond donors (Lipinski definition) is 1. The van der Waals surface area contributed by atoms with Crippen LogP contribution in [-0.2, 0) is 9.59 Å². The van der Waals surface area contributed by atoms with Gasteiger partial charge in [-0.2, -0.15) is 0 Å². The highest BCUT2D eigenvalue weighted by atomic mass is 32.2. The van der Waals surface area contributed by atoms with Gasteiger partial charge in [-0.25, -0.2) is 0 Å². The van der Waals surface area contributed by atoms with Gasteiger partial charge in [-0.15, -0.1) is 10.2 Å². The Kier molecular flexibility index (Phi) is 5.22. The molecule has 1 amide bonds. The number of rotatable bonds is 8. The highest BCUT2D eigenvalue weighted by Crippen LogP contribution is 2.37. The molecule has 21 heavy (non-hydrogen) atoms. The van der Waals surface area contributed by atoms with E-state index >= 15 is 0 Å². The van der Waals surface area contributed by atoms with E-state index < -0.39 is 5.97 Å². The maximum atomic E-state index is 12.2. The topological polar surface area (TPSA) is 88.3 Å². The van der Waals surface area contributed by atoms with Crippen LogP contribution in [-0.4, -0.2) is 55.0 Å². The molecule has 1 fully saturated rings. The number of thioether (sulfide) groups is 1. The maximum Gasteiger partial charge on any atom is 0.305 e. The van der Waals surface area contributed by atoms with Crippen LogP contribution < -0.4 is 0 Å². The Morgan fingerprint density at radius 3 is 2.81 bits per heavy atom. The molecule has 0 atom stereocenters. The Morgan fingerprint density at radius 2 is 2.24 bits per heavy atom. The van der Waals surface area contributed by atoms with Crippen LogP contribution in [0.25, 0.3) is 0 Å². The van der Waals surface area contributed by atoms with Crippen molar-refractivity contribution in [2.24, 2.45) is 0 Å². The van der Waals surface area contributed by atoms with E-state index in [0.29, 0.717) is 6.04 Å². The summed E-state index contributed by atoms with van der Waals surface area (Å²) in [7, 11) is 0. The molecule has 0 radical (unpaired) electrons. The predicted octanol–water partition coefficient (Wildman–Crippen LogP) is 1.42. The normalized spacial score (nSPS) is 14.4. The molecule has 7 nitrogen and oxygen atoms in total. The molecule has 1 heterocycles. The fourth-order valence-corrected chi connectivity index (χ4v) is 2.90. The van der Waals surface area contributed by atoms with Crippen molar-refractivity contribution in [3.8, 4) is 0 Å². The van der Waals surface area contributed by atoms with E-state index in [1.165, 1.54) is 11.8 Å². The maximum absolute atomic E-state index is 12.2. The highest BCUT2D eigenvalue weighted by molar-refractivity contribution is 7.99. The highest BCUT2D eigenvalue weighted by Gasteiger charge is 2.27. The third-order valence-corrected chi connectivity index (χ3v) is 4.26. The molecule has 116 valence electrons. The first kappa shape index (κ1) is 15.8. The average molecular weight is 312 g/mol. The number of hydrogen-bond acceptors (Lipinski definition) is 5. The van der Waals surface area contributed by atoms with Gasteiger partial charge >= 0.3 is 5.97 Å². The lowest BCUT2D eigenvalue weighted by Crippen LogP contribution is -2.39. The van der Waals surface area contributed by atoms with Crippen LogP contribution >= 0.6 is 11.8 Å². The fourth-order valence-electron chi connectivity index (χ4n) is 2.03. The second-order valence-electron chi connectivity index (χ2n) is 5.37. The van der Waals surface area contributed by atoms with Gasteiger partial charge in [-0.1, -0.05) is 11.8 Å². The first-order chi connectivity index (χ1) is 9.99. The zero-order chi connectivity index (χ0) is 15.4. The predicted molar refractivity (Wildman–Crippen MR) is 78.1 cm³/mol. The molecule has 2 rings (SSSR count). The molecule has 1 saturated carbocycles. The average Bonchev–Trinajstić information content (AvgIpc) is 3.14. The van der Waals surface area contributed by atoms with Crippen molar-refractivity contribution >= 4 is 23.6 Å². The van der Waals surface area contributed by atoms with Gasteiger partial charge in [0, 0.05) is 18.6 Å². The van der Waals surface area contributed by atoms with Gasteiger partial charge in [0.05, 0.1) is 12.2 Å². The van der Waals surface area contributed by atoms with Crippen molar-refractivity contribution in [3.05, 3.63) is 6.33 Å². The van der Waals surface area contributed by atoms with E-state index in [1.807, 2.05) is 18.4 Å². The molecule has 0 bridgehead atoms. The second-order valence-corrected chi connectivity index (χ2v) is 6.31. The summed E-state index contributed by atoms with van der Waals surface area (Å²) in [5.41, 5.74) is 0. The van der Waals surface area contributed by atoms with E-state index in [0.717, 1.165) is 18.0 Å². The van der Waals surface area contributed by atoms with E-state index in [4.69, 9.17) is 5.11 Å². The number of aliphatic carboxylic acids is 1.